The van der Waals surface area contributed by atoms with Crippen LogP contribution in [0.4, 0.5) is 0 Å². The Balaban J connectivity index is 0.000000329. The maximum absolute atomic E-state index is 6.75. The molecule has 0 fully saturated rings. The summed E-state index contributed by atoms with van der Waals surface area (Å²) in [7, 11) is 0. The number of hydrogen-bond acceptors (Lipinski definition) is 0. The van der Waals surface area contributed by atoms with Gasteiger partial charge in [-0.3, -0.25) is 4.91 Å². The second-order valence-corrected chi connectivity index (χ2v) is 3.64. The normalized spacial score (nSPS) is 9.41. The molecule has 0 saturated heterocycles. The lowest BCUT2D eigenvalue weighted by molar-refractivity contribution is 1.76. The Hall–Kier alpha value is -2.51. The first kappa shape index (κ1) is 11.0. The van der Waals surface area contributed by atoms with E-state index in [1.807, 2.05) is 0 Å². The van der Waals surface area contributed by atoms with E-state index in [0.717, 1.165) is 0 Å². The fourth-order valence-electron chi connectivity index (χ4n) is 1.88. The Morgan fingerprint density at radius 1 is 0.588 bits per heavy atom. The smallest absolute Gasteiger partial charge is 0.0178 e. The Morgan fingerprint density at radius 2 is 0.824 bits per heavy atom. The van der Waals surface area contributed by atoms with Gasteiger partial charge in [-0.2, -0.15) is 0 Å². The van der Waals surface area contributed by atoms with Crippen LogP contribution in [0, 0.1) is 0 Å². The molecule has 3 rings (SSSR count). The van der Waals surface area contributed by atoms with Crippen molar-refractivity contribution in [3.05, 3.63) is 76.6 Å². The summed E-state index contributed by atoms with van der Waals surface area (Å²) in [6, 6.07) is 21.4. The zero-order valence-corrected chi connectivity index (χ0v) is 9.12. The molecule has 0 spiro atoms. The van der Waals surface area contributed by atoms with Crippen LogP contribution in [0.5, 0.6) is 0 Å². The molecule has 3 nitrogen and oxygen atoms in total. The van der Waals surface area contributed by atoms with Gasteiger partial charge >= 0.3 is 0 Å². The SMILES string of the molecule is [N-]=[N+]=[N-].c1ccc2cc3ccccc3cc2c1. The molecule has 3 aromatic carbocycles. The van der Waals surface area contributed by atoms with Crippen molar-refractivity contribution in [2.75, 3.05) is 0 Å². The molecule has 0 atom stereocenters. The topological polar surface area (TPSA) is 58.7 Å². The highest BCUT2D eigenvalue weighted by Gasteiger charge is 1.95. The largest absolute Gasteiger partial charge is 0.373 e. The molecule has 0 aromatic heterocycles. The molecule has 0 saturated carbocycles. The molecule has 0 bridgehead atoms. The van der Waals surface area contributed by atoms with Gasteiger partial charge in [0.25, 0.3) is 0 Å². The summed E-state index contributed by atoms with van der Waals surface area (Å²) in [4.78, 5) is 1.50. The second-order valence-electron chi connectivity index (χ2n) is 3.64. The summed E-state index contributed by atoms with van der Waals surface area (Å²) in [6.07, 6.45) is 0. The fraction of sp³-hybridized carbons (Fsp3) is 0. The first-order chi connectivity index (χ1) is 8.35. The Morgan fingerprint density at radius 3 is 1.06 bits per heavy atom. The van der Waals surface area contributed by atoms with E-state index < -0.39 is 0 Å². The lowest BCUT2D eigenvalue weighted by Gasteiger charge is -2.00. The van der Waals surface area contributed by atoms with Crippen LogP contribution < -0.4 is 0 Å². The molecule has 82 valence electrons. The van der Waals surface area contributed by atoms with Gasteiger partial charge in [-0.1, -0.05) is 48.5 Å². The van der Waals surface area contributed by atoms with Crippen LogP contribution >= 0.6 is 0 Å². The molecule has 0 radical (unpaired) electrons. The zero-order valence-electron chi connectivity index (χ0n) is 9.12. The van der Waals surface area contributed by atoms with E-state index >= 15 is 0 Å². The first-order valence-corrected chi connectivity index (χ1v) is 5.21. The molecule has 0 amide bonds. The third-order valence-corrected chi connectivity index (χ3v) is 2.61. The molecule has 3 heteroatoms. The fourth-order valence-corrected chi connectivity index (χ4v) is 1.88. The summed E-state index contributed by atoms with van der Waals surface area (Å²) >= 11 is 0. The highest BCUT2D eigenvalue weighted by atomic mass is 15.0. The monoisotopic (exact) mass is 220 g/mol. The Bertz CT molecular complexity index is 578. The summed E-state index contributed by atoms with van der Waals surface area (Å²) in [5.74, 6) is 0. The van der Waals surface area contributed by atoms with Crippen molar-refractivity contribution in [2.24, 2.45) is 0 Å². The lowest BCUT2D eigenvalue weighted by Crippen LogP contribution is -1.74. The van der Waals surface area contributed by atoms with E-state index in [4.69, 9.17) is 11.1 Å². The maximum atomic E-state index is 6.75. The molecule has 3 aromatic rings. The van der Waals surface area contributed by atoms with Crippen LogP contribution in [0.1, 0.15) is 0 Å². The molecule has 0 unspecified atom stereocenters. The van der Waals surface area contributed by atoms with Crippen LogP contribution in [0.3, 0.4) is 0 Å². The minimum atomic E-state index is 1.31. The zero-order chi connectivity index (χ0) is 12.1. The van der Waals surface area contributed by atoms with Gasteiger partial charge in [0.1, 0.15) is 0 Å². The van der Waals surface area contributed by atoms with Gasteiger partial charge in [0, 0.05) is 0 Å². The molecular weight excluding hydrogens is 210 g/mol. The van der Waals surface area contributed by atoms with Gasteiger partial charge in [-0.05, 0) is 33.7 Å². The van der Waals surface area contributed by atoms with Crippen molar-refractivity contribution in [2.45, 2.75) is 0 Å². The number of benzene rings is 3. The average molecular weight is 220 g/mol. The molecule has 17 heavy (non-hydrogen) atoms. The van der Waals surface area contributed by atoms with Gasteiger partial charge in [-0.25, -0.2) is 0 Å². The van der Waals surface area contributed by atoms with E-state index in [1.54, 1.807) is 0 Å². The van der Waals surface area contributed by atoms with Gasteiger partial charge in [-0.15, -0.1) is 0 Å². The number of hydrogen-bond donors (Lipinski definition) is 0. The minimum Gasteiger partial charge on any atom is -0.373 e. The molecule has 0 N–H and O–H groups in total. The highest BCUT2D eigenvalue weighted by Crippen LogP contribution is 2.21. The number of nitrogens with zero attached hydrogens (tertiary/aromatic N) is 3. The summed E-state index contributed by atoms with van der Waals surface area (Å²) in [6.45, 7) is 0. The highest BCUT2D eigenvalue weighted by molar-refractivity contribution is 5.98. The Kier molecular flexibility index (Phi) is 3.24. The van der Waals surface area contributed by atoms with E-state index in [0.29, 0.717) is 0 Å². The molecule has 0 aliphatic heterocycles. The van der Waals surface area contributed by atoms with Crippen molar-refractivity contribution in [1.82, 2.24) is 0 Å². The number of fused-ring (bicyclic) bond motifs is 2. The predicted molar refractivity (Wildman–Crippen MR) is 71.5 cm³/mol. The molecule has 0 heterocycles. The van der Waals surface area contributed by atoms with Crippen LogP contribution in [0.15, 0.2) is 60.7 Å². The van der Waals surface area contributed by atoms with Gasteiger partial charge < -0.3 is 11.1 Å². The van der Waals surface area contributed by atoms with Crippen molar-refractivity contribution in [1.29, 1.82) is 0 Å². The summed E-state index contributed by atoms with van der Waals surface area (Å²) in [5.41, 5.74) is 13.5. The number of rotatable bonds is 0. The third-order valence-electron chi connectivity index (χ3n) is 2.61. The Labute approximate surface area is 98.7 Å². The van der Waals surface area contributed by atoms with E-state index in [2.05, 4.69) is 60.7 Å². The average Bonchev–Trinajstić information content (AvgIpc) is 2.37. The third kappa shape index (κ3) is 2.36. The van der Waals surface area contributed by atoms with Crippen molar-refractivity contribution in [3.63, 3.8) is 0 Å². The van der Waals surface area contributed by atoms with Crippen LogP contribution in [0.2, 0.25) is 0 Å². The predicted octanol–water partition coefficient (Wildman–Crippen LogP) is 4.86. The van der Waals surface area contributed by atoms with E-state index in [1.165, 1.54) is 26.5 Å². The summed E-state index contributed by atoms with van der Waals surface area (Å²) in [5, 5.41) is 5.25. The van der Waals surface area contributed by atoms with Crippen LogP contribution in [0.25, 0.3) is 37.5 Å². The molecule has 0 aliphatic rings. The van der Waals surface area contributed by atoms with Gasteiger partial charge in [0.15, 0.2) is 0 Å². The van der Waals surface area contributed by atoms with E-state index in [-0.39, 0.29) is 0 Å². The summed E-state index contributed by atoms with van der Waals surface area (Å²) < 4.78 is 0. The van der Waals surface area contributed by atoms with E-state index in [9.17, 15) is 0 Å². The van der Waals surface area contributed by atoms with Crippen molar-refractivity contribution in [3.8, 4) is 0 Å². The maximum Gasteiger partial charge on any atom is -0.0178 e. The molecular formula is C14H10N3-. The standard InChI is InChI=1S/C14H10.N3/c1-2-6-12-10-14-8-4-3-7-13(14)9-11(12)5-1;1-3-2/h1-10H;/q;-1. The van der Waals surface area contributed by atoms with Gasteiger partial charge in [0.05, 0.1) is 0 Å². The second kappa shape index (κ2) is 5.01. The molecule has 0 aliphatic carbocycles. The van der Waals surface area contributed by atoms with Crippen molar-refractivity contribution >= 4 is 21.5 Å². The first-order valence-electron chi connectivity index (χ1n) is 5.21. The van der Waals surface area contributed by atoms with Crippen molar-refractivity contribution < 1.29 is 0 Å². The lowest BCUT2D eigenvalue weighted by atomic mass is 10.0. The minimum absolute atomic E-state index is 1.31. The van der Waals surface area contributed by atoms with Gasteiger partial charge in [0.2, 0.25) is 0 Å². The van der Waals surface area contributed by atoms with Crippen LogP contribution in [-0.4, -0.2) is 0 Å². The van der Waals surface area contributed by atoms with Crippen LogP contribution in [-0.2, 0) is 0 Å². The quantitative estimate of drug-likeness (QED) is 0.225.